The second-order valence-corrected chi connectivity index (χ2v) is 3.40. The Morgan fingerprint density at radius 3 is 2.40 bits per heavy atom. The Bertz CT molecular complexity index is 391. The molecule has 75 valence electrons. The van der Waals surface area contributed by atoms with Crippen LogP contribution in [-0.2, 0) is 0 Å². The van der Waals surface area contributed by atoms with Gasteiger partial charge >= 0.3 is 0 Å². The third-order valence-corrected chi connectivity index (χ3v) is 2.06. The maximum atomic E-state index is 9.05. The van der Waals surface area contributed by atoms with Crippen LogP contribution in [0.5, 0.6) is 17.2 Å². The Morgan fingerprint density at radius 1 is 1.07 bits per heavy atom. The van der Waals surface area contributed by atoms with Crippen molar-refractivity contribution in [1.29, 1.82) is 0 Å². The van der Waals surface area contributed by atoms with Gasteiger partial charge in [0.1, 0.15) is 17.2 Å². The zero-order chi connectivity index (χ0) is 10.7. The fourth-order valence-corrected chi connectivity index (χ4v) is 1.22. The van der Waals surface area contributed by atoms with Gasteiger partial charge in [-0.05, 0) is 42.5 Å². The number of hydrogen-bond donors (Lipinski definition) is 1. The molecule has 0 aromatic heterocycles. The quantitative estimate of drug-likeness (QED) is 0.836. The Balaban J connectivity index is 2.15. The highest BCUT2D eigenvalue weighted by molar-refractivity contribution is 6.30. The first-order chi connectivity index (χ1) is 7.24. The molecule has 0 aliphatic carbocycles. The van der Waals surface area contributed by atoms with E-state index in [-0.39, 0.29) is 5.75 Å². The first-order valence-electron chi connectivity index (χ1n) is 4.38. The van der Waals surface area contributed by atoms with Gasteiger partial charge < -0.3 is 9.84 Å². The molecule has 0 aliphatic heterocycles. The van der Waals surface area contributed by atoms with Gasteiger partial charge in [-0.1, -0.05) is 11.6 Å². The van der Waals surface area contributed by atoms with Crippen molar-refractivity contribution in [1.82, 2.24) is 0 Å². The average molecular weight is 220 g/mol. The first kappa shape index (κ1) is 9.87. The van der Waals surface area contributed by atoms with E-state index < -0.39 is 0 Å². The summed E-state index contributed by atoms with van der Waals surface area (Å²) >= 11 is 5.74. The molecule has 2 aromatic carbocycles. The number of hydrogen-bond acceptors (Lipinski definition) is 2. The average Bonchev–Trinajstić information content (AvgIpc) is 2.25. The summed E-state index contributed by atoms with van der Waals surface area (Å²) in [6.45, 7) is 0. The molecular weight excluding hydrogens is 212 g/mol. The smallest absolute Gasteiger partial charge is 0.135 e. The van der Waals surface area contributed by atoms with Crippen LogP contribution in [0.25, 0.3) is 0 Å². The van der Waals surface area contributed by atoms with Crippen molar-refractivity contribution >= 4 is 11.6 Å². The molecule has 15 heavy (non-hydrogen) atoms. The van der Waals surface area contributed by atoms with E-state index in [0.29, 0.717) is 16.5 Å². The number of aromatic hydroxyl groups is 1. The van der Waals surface area contributed by atoms with Crippen LogP contribution in [0.1, 0.15) is 0 Å². The van der Waals surface area contributed by atoms with Crippen molar-refractivity contribution in [3.63, 3.8) is 0 Å². The number of rotatable bonds is 2. The molecule has 2 aromatic rings. The fourth-order valence-electron chi connectivity index (χ4n) is 1.10. The standard InChI is InChI=1S/C12H8ClO2/c13-9-1-5-11(6-2-9)15-12-7-3-10(14)4-8-12/h1-7,14H. The van der Waals surface area contributed by atoms with Gasteiger partial charge in [0.15, 0.2) is 0 Å². The van der Waals surface area contributed by atoms with Gasteiger partial charge in [-0.15, -0.1) is 0 Å². The zero-order valence-corrected chi connectivity index (χ0v) is 8.53. The lowest BCUT2D eigenvalue weighted by atomic mass is 10.3. The largest absolute Gasteiger partial charge is 0.508 e. The summed E-state index contributed by atoms with van der Waals surface area (Å²) in [5.41, 5.74) is 0. The predicted octanol–water partition coefficient (Wildman–Crippen LogP) is 3.64. The molecule has 2 nitrogen and oxygen atoms in total. The molecule has 0 bridgehead atoms. The molecule has 0 saturated heterocycles. The Kier molecular flexibility index (Phi) is 2.79. The highest BCUT2D eigenvalue weighted by Gasteiger charge is 1.97. The van der Waals surface area contributed by atoms with Gasteiger partial charge in [0.25, 0.3) is 0 Å². The summed E-state index contributed by atoms with van der Waals surface area (Å²) in [4.78, 5) is 0. The Hall–Kier alpha value is -1.67. The summed E-state index contributed by atoms with van der Waals surface area (Å²) in [5.74, 6) is 1.40. The minimum absolute atomic E-state index is 0.165. The first-order valence-corrected chi connectivity index (χ1v) is 4.76. The van der Waals surface area contributed by atoms with Gasteiger partial charge in [-0.25, -0.2) is 0 Å². The molecule has 1 N–H and O–H groups in total. The summed E-state index contributed by atoms with van der Waals surface area (Å²) in [5, 5.41) is 9.72. The van der Waals surface area contributed by atoms with E-state index in [9.17, 15) is 0 Å². The van der Waals surface area contributed by atoms with Crippen LogP contribution in [0, 0.1) is 6.07 Å². The number of ether oxygens (including phenoxy) is 1. The number of halogens is 1. The van der Waals surface area contributed by atoms with E-state index in [1.807, 2.05) is 0 Å². The van der Waals surface area contributed by atoms with Crippen LogP contribution >= 0.6 is 11.6 Å². The van der Waals surface area contributed by atoms with Gasteiger partial charge in [0.2, 0.25) is 0 Å². The minimum Gasteiger partial charge on any atom is -0.508 e. The third-order valence-electron chi connectivity index (χ3n) is 1.81. The molecule has 0 saturated carbocycles. The van der Waals surface area contributed by atoms with Crippen molar-refractivity contribution < 1.29 is 9.84 Å². The molecule has 0 fully saturated rings. The molecule has 3 heteroatoms. The highest BCUT2D eigenvalue weighted by atomic mass is 35.5. The Labute approximate surface area is 92.7 Å². The fraction of sp³-hybridized carbons (Fsp3) is 0. The van der Waals surface area contributed by atoms with Crippen LogP contribution in [0.3, 0.4) is 0 Å². The van der Waals surface area contributed by atoms with Crippen LogP contribution in [0.4, 0.5) is 0 Å². The molecule has 0 unspecified atom stereocenters. The third kappa shape index (κ3) is 2.64. The van der Waals surface area contributed by atoms with Gasteiger partial charge in [0.05, 0.1) is 0 Å². The molecule has 0 atom stereocenters. The highest BCUT2D eigenvalue weighted by Crippen LogP contribution is 2.23. The lowest BCUT2D eigenvalue weighted by molar-refractivity contribution is 0.463. The van der Waals surface area contributed by atoms with E-state index in [0.717, 1.165) is 0 Å². The SMILES string of the molecule is Oc1c[c]c(Oc2ccc(Cl)cc2)cc1. The normalized spacial score (nSPS) is 9.93. The van der Waals surface area contributed by atoms with Crippen molar-refractivity contribution in [2.75, 3.05) is 0 Å². The number of benzene rings is 2. The second-order valence-electron chi connectivity index (χ2n) is 2.97. The molecular formula is C12H8ClO2. The maximum Gasteiger partial charge on any atom is 0.135 e. The van der Waals surface area contributed by atoms with E-state index >= 15 is 0 Å². The molecule has 0 heterocycles. The zero-order valence-electron chi connectivity index (χ0n) is 7.77. The predicted molar refractivity (Wildman–Crippen MR) is 58.5 cm³/mol. The van der Waals surface area contributed by atoms with Gasteiger partial charge in [-0.3, -0.25) is 0 Å². The lowest BCUT2D eigenvalue weighted by Crippen LogP contribution is -1.82. The van der Waals surface area contributed by atoms with Crippen LogP contribution in [-0.4, -0.2) is 5.11 Å². The topological polar surface area (TPSA) is 29.5 Å². The number of phenols is 1. The monoisotopic (exact) mass is 219 g/mol. The molecule has 0 aliphatic rings. The molecule has 0 spiro atoms. The van der Waals surface area contributed by atoms with Crippen LogP contribution in [0.2, 0.25) is 5.02 Å². The van der Waals surface area contributed by atoms with E-state index in [4.69, 9.17) is 21.4 Å². The van der Waals surface area contributed by atoms with Crippen LogP contribution in [0.15, 0.2) is 42.5 Å². The summed E-state index contributed by atoms with van der Waals surface area (Å²) in [7, 11) is 0. The Morgan fingerprint density at radius 2 is 1.80 bits per heavy atom. The van der Waals surface area contributed by atoms with Crippen molar-refractivity contribution in [2.24, 2.45) is 0 Å². The van der Waals surface area contributed by atoms with E-state index in [2.05, 4.69) is 6.07 Å². The molecule has 1 radical (unpaired) electrons. The summed E-state index contributed by atoms with van der Waals surface area (Å²) in [6.07, 6.45) is 0. The molecule has 0 amide bonds. The van der Waals surface area contributed by atoms with Gasteiger partial charge in [-0.2, -0.15) is 0 Å². The van der Waals surface area contributed by atoms with Crippen molar-refractivity contribution in [2.45, 2.75) is 0 Å². The van der Waals surface area contributed by atoms with Crippen molar-refractivity contribution in [3.8, 4) is 17.2 Å². The van der Waals surface area contributed by atoms with E-state index in [1.54, 1.807) is 36.4 Å². The molecule has 2 rings (SSSR count). The van der Waals surface area contributed by atoms with Crippen LogP contribution < -0.4 is 4.74 Å². The summed E-state index contributed by atoms with van der Waals surface area (Å²) in [6, 6.07) is 14.5. The van der Waals surface area contributed by atoms with Gasteiger partial charge in [0, 0.05) is 11.1 Å². The number of phenolic OH excluding ortho intramolecular Hbond substituents is 1. The van der Waals surface area contributed by atoms with E-state index in [1.165, 1.54) is 6.07 Å². The minimum atomic E-state index is 0.165. The maximum absolute atomic E-state index is 9.05. The van der Waals surface area contributed by atoms with Crippen molar-refractivity contribution in [3.05, 3.63) is 53.6 Å². The second kappa shape index (κ2) is 4.24. The lowest BCUT2D eigenvalue weighted by Gasteiger charge is -2.04. The summed E-state index contributed by atoms with van der Waals surface area (Å²) < 4.78 is 5.46.